The van der Waals surface area contributed by atoms with Gasteiger partial charge in [0.1, 0.15) is 29.8 Å². The molecule has 2 N–H and O–H groups in total. The average Bonchev–Trinajstić information content (AvgIpc) is 2.88. The lowest BCUT2D eigenvalue weighted by atomic mass is 9.95. The molecule has 2 rings (SSSR count). The molecule has 0 bridgehead atoms. The number of benzene rings is 2. The van der Waals surface area contributed by atoms with E-state index in [0.29, 0.717) is 11.1 Å². The molecule has 0 saturated heterocycles. The zero-order valence-corrected chi connectivity index (χ0v) is 26.7. The second-order valence-electron chi connectivity index (χ2n) is 13.2. The standard InChI is InChI=1S/C34H45N3O6/c1-11-23-17-19-25(20-18-23)28(37(32(2,3)4)27(38)22-35-31(41)43-34(8,9)10)29(39)36-26(30(40)42-33(5,6)7)21-24-15-13-12-14-16-24/h1,12-20,26,28H,21-22H2,2-10H3,(H,35,41)(H,36,39). The molecule has 0 radical (unpaired) electrons. The fourth-order valence-electron chi connectivity index (χ4n) is 4.30. The van der Waals surface area contributed by atoms with Gasteiger partial charge in [-0.3, -0.25) is 9.59 Å². The largest absolute Gasteiger partial charge is 0.458 e. The Balaban J connectivity index is 2.53. The Kier molecular flexibility index (Phi) is 11.5. The summed E-state index contributed by atoms with van der Waals surface area (Å²) in [6, 6.07) is 13.7. The van der Waals surface area contributed by atoms with Crippen molar-refractivity contribution < 1.29 is 28.7 Å². The number of rotatable bonds is 9. The third kappa shape index (κ3) is 11.5. The van der Waals surface area contributed by atoms with Gasteiger partial charge in [-0.05, 0) is 85.6 Å². The Labute approximate surface area is 255 Å². The molecule has 3 amide bonds. The van der Waals surface area contributed by atoms with E-state index < -0.39 is 59.2 Å². The Morgan fingerprint density at radius 2 is 1.40 bits per heavy atom. The van der Waals surface area contributed by atoms with Crippen molar-refractivity contribution in [2.45, 2.75) is 97.6 Å². The first-order chi connectivity index (χ1) is 19.8. The molecule has 0 fully saturated rings. The molecule has 2 unspecified atom stereocenters. The third-order valence-electron chi connectivity index (χ3n) is 5.96. The van der Waals surface area contributed by atoms with Gasteiger partial charge in [0, 0.05) is 17.5 Å². The van der Waals surface area contributed by atoms with Gasteiger partial charge >= 0.3 is 12.1 Å². The maximum absolute atomic E-state index is 14.2. The summed E-state index contributed by atoms with van der Waals surface area (Å²) < 4.78 is 10.9. The minimum atomic E-state index is -1.18. The van der Waals surface area contributed by atoms with E-state index in [9.17, 15) is 19.2 Å². The van der Waals surface area contributed by atoms with Crippen molar-refractivity contribution in [1.82, 2.24) is 15.5 Å². The molecule has 0 saturated carbocycles. The quantitative estimate of drug-likeness (QED) is 0.316. The fraction of sp³-hybridized carbons (Fsp3) is 0.471. The van der Waals surface area contributed by atoms with Crippen LogP contribution in [-0.4, -0.2) is 58.1 Å². The molecule has 232 valence electrons. The lowest BCUT2D eigenvalue weighted by molar-refractivity contribution is -0.159. The molecule has 2 atom stereocenters. The molecule has 43 heavy (non-hydrogen) atoms. The van der Waals surface area contributed by atoms with Gasteiger partial charge < -0.3 is 25.0 Å². The predicted octanol–water partition coefficient (Wildman–Crippen LogP) is 4.93. The van der Waals surface area contributed by atoms with Crippen molar-refractivity contribution >= 4 is 23.9 Å². The zero-order chi connectivity index (χ0) is 32.6. The van der Waals surface area contributed by atoms with Crippen LogP contribution >= 0.6 is 0 Å². The normalized spacial score (nSPS) is 13.1. The van der Waals surface area contributed by atoms with Crippen molar-refractivity contribution in [3.05, 3.63) is 71.3 Å². The van der Waals surface area contributed by atoms with Crippen LogP contribution in [0.15, 0.2) is 54.6 Å². The molecule has 0 aliphatic rings. The highest BCUT2D eigenvalue weighted by atomic mass is 16.6. The molecule has 0 spiro atoms. The SMILES string of the molecule is C#Cc1ccc(C(C(=O)NC(Cc2ccccc2)C(=O)OC(C)(C)C)N(C(=O)CNC(=O)OC(C)(C)C)C(C)(C)C)cc1. The maximum atomic E-state index is 14.2. The number of hydrogen-bond donors (Lipinski definition) is 2. The smallest absolute Gasteiger partial charge is 0.408 e. The van der Waals surface area contributed by atoms with E-state index in [1.54, 1.807) is 86.6 Å². The van der Waals surface area contributed by atoms with Crippen molar-refractivity contribution in [3.63, 3.8) is 0 Å². The molecule has 2 aromatic rings. The number of amides is 3. The Morgan fingerprint density at radius 3 is 1.88 bits per heavy atom. The van der Waals surface area contributed by atoms with Gasteiger partial charge in [-0.15, -0.1) is 6.42 Å². The Morgan fingerprint density at radius 1 is 0.837 bits per heavy atom. The Hall–Kier alpha value is -4.32. The summed E-state index contributed by atoms with van der Waals surface area (Å²) in [7, 11) is 0. The minimum absolute atomic E-state index is 0.175. The van der Waals surface area contributed by atoms with Gasteiger partial charge in [-0.1, -0.05) is 48.4 Å². The molecule has 0 aliphatic carbocycles. The number of ether oxygens (including phenoxy) is 2. The molecule has 0 aromatic heterocycles. The first-order valence-corrected chi connectivity index (χ1v) is 14.2. The number of hydrogen-bond acceptors (Lipinski definition) is 6. The van der Waals surface area contributed by atoms with Gasteiger partial charge in [-0.25, -0.2) is 9.59 Å². The van der Waals surface area contributed by atoms with Crippen LogP contribution in [-0.2, 0) is 30.3 Å². The monoisotopic (exact) mass is 591 g/mol. The summed E-state index contributed by atoms with van der Waals surface area (Å²) in [4.78, 5) is 55.0. The number of carbonyl (C=O) groups is 4. The number of terminal acetylenes is 1. The summed E-state index contributed by atoms with van der Waals surface area (Å²) in [6.07, 6.45) is 4.96. The molecule has 2 aromatic carbocycles. The van der Waals surface area contributed by atoms with E-state index in [0.717, 1.165) is 5.56 Å². The highest BCUT2D eigenvalue weighted by Crippen LogP contribution is 2.30. The number of nitrogens with one attached hydrogen (secondary N) is 2. The van der Waals surface area contributed by atoms with Gasteiger partial charge in [0.05, 0.1) is 0 Å². The van der Waals surface area contributed by atoms with Gasteiger partial charge in [0.15, 0.2) is 0 Å². The molecular formula is C34H45N3O6. The zero-order valence-electron chi connectivity index (χ0n) is 26.7. The molecule has 0 heterocycles. The first kappa shape index (κ1) is 34.9. The number of carbonyl (C=O) groups excluding carboxylic acids is 4. The summed E-state index contributed by atoms with van der Waals surface area (Å²) >= 11 is 0. The van der Waals surface area contributed by atoms with Crippen LogP contribution in [0.1, 0.15) is 85.0 Å². The summed E-state index contributed by atoms with van der Waals surface area (Å²) in [5.41, 5.74) is -0.548. The molecule has 0 aliphatic heterocycles. The van der Waals surface area contributed by atoms with Crippen LogP contribution in [0.25, 0.3) is 0 Å². The molecule has 9 heteroatoms. The topological polar surface area (TPSA) is 114 Å². The van der Waals surface area contributed by atoms with Gasteiger partial charge in [0.25, 0.3) is 0 Å². The number of nitrogens with zero attached hydrogens (tertiary/aromatic N) is 1. The van der Waals surface area contributed by atoms with Crippen molar-refractivity contribution in [2.75, 3.05) is 6.54 Å². The first-order valence-electron chi connectivity index (χ1n) is 14.2. The van der Waals surface area contributed by atoms with E-state index in [-0.39, 0.29) is 6.42 Å². The van der Waals surface area contributed by atoms with Gasteiger partial charge in [0.2, 0.25) is 11.8 Å². The average molecular weight is 592 g/mol. The summed E-state index contributed by atoms with van der Waals surface area (Å²) in [6.45, 7) is 15.3. The second kappa shape index (κ2) is 14.2. The van der Waals surface area contributed by atoms with Gasteiger partial charge in [-0.2, -0.15) is 0 Å². The maximum Gasteiger partial charge on any atom is 0.408 e. The number of esters is 1. The highest BCUT2D eigenvalue weighted by molar-refractivity contribution is 5.93. The predicted molar refractivity (Wildman–Crippen MR) is 166 cm³/mol. The van der Waals surface area contributed by atoms with Crippen molar-refractivity contribution in [2.24, 2.45) is 0 Å². The van der Waals surface area contributed by atoms with E-state index in [4.69, 9.17) is 15.9 Å². The Bertz CT molecular complexity index is 1310. The van der Waals surface area contributed by atoms with E-state index in [1.807, 2.05) is 30.3 Å². The van der Waals surface area contributed by atoms with Crippen molar-refractivity contribution in [3.8, 4) is 12.3 Å². The van der Waals surface area contributed by atoms with E-state index in [2.05, 4.69) is 16.6 Å². The van der Waals surface area contributed by atoms with Crippen molar-refractivity contribution in [1.29, 1.82) is 0 Å². The highest BCUT2D eigenvalue weighted by Gasteiger charge is 2.40. The molecular weight excluding hydrogens is 546 g/mol. The van der Waals surface area contributed by atoms with E-state index >= 15 is 0 Å². The van der Waals surface area contributed by atoms with E-state index in [1.165, 1.54) is 4.90 Å². The second-order valence-corrected chi connectivity index (χ2v) is 13.2. The van der Waals surface area contributed by atoms with Crippen LogP contribution in [0, 0.1) is 12.3 Å². The van der Waals surface area contributed by atoms with Crippen LogP contribution in [0.2, 0.25) is 0 Å². The summed E-state index contributed by atoms with van der Waals surface area (Å²) in [5, 5.41) is 5.35. The number of alkyl carbamates (subject to hydrolysis) is 1. The molecule has 9 nitrogen and oxygen atoms in total. The van der Waals surface area contributed by atoms with Crippen LogP contribution in [0.3, 0.4) is 0 Å². The van der Waals surface area contributed by atoms with Crippen LogP contribution < -0.4 is 10.6 Å². The lowest BCUT2D eigenvalue weighted by Gasteiger charge is -2.41. The fourth-order valence-corrected chi connectivity index (χ4v) is 4.30. The van der Waals surface area contributed by atoms with Crippen LogP contribution in [0.4, 0.5) is 4.79 Å². The lowest BCUT2D eigenvalue weighted by Crippen LogP contribution is -2.57. The van der Waals surface area contributed by atoms with Crippen LogP contribution in [0.5, 0.6) is 0 Å². The third-order valence-corrected chi connectivity index (χ3v) is 5.96. The summed E-state index contributed by atoms with van der Waals surface area (Å²) in [5.74, 6) is 0.816. The minimum Gasteiger partial charge on any atom is -0.458 e.